The van der Waals surface area contributed by atoms with Gasteiger partial charge in [-0.15, -0.1) is 0 Å². The summed E-state index contributed by atoms with van der Waals surface area (Å²) in [5, 5.41) is 40.8. The first-order chi connectivity index (χ1) is 32.6. The summed E-state index contributed by atoms with van der Waals surface area (Å²) in [5.74, 6) is 0. The first-order valence-corrected chi connectivity index (χ1v) is 21.7. The molecule has 13 rings (SSSR count). The Morgan fingerprint density at radius 3 is 0.758 bits per heavy atom. The Morgan fingerprint density at radius 1 is 0.288 bits per heavy atom. The van der Waals surface area contributed by atoms with E-state index in [0.717, 1.165) is 116 Å². The summed E-state index contributed by atoms with van der Waals surface area (Å²) in [6.45, 7) is 0. The van der Waals surface area contributed by atoms with Crippen molar-refractivity contribution in [3.05, 3.63) is 233 Å². The minimum absolute atomic E-state index is 0.426. The third-order valence-corrected chi connectivity index (χ3v) is 13.4. The summed E-state index contributed by atoms with van der Waals surface area (Å²) >= 11 is 0. The topological polar surface area (TPSA) is 110 Å². The number of nitrogens with zero attached hydrogens (tertiary/aromatic N) is 6. The Balaban J connectivity index is 1.35. The molecule has 0 aliphatic heterocycles. The van der Waals surface area contributed by atoms with Gasteiger partial charge < -0.3 is 0 Å². The van der Waals surface area contributed by atoms with Gasteiger partial charge >= 0.3 is 0 Å². The van der Waals surface area contributed by atoms with E-state index in [1.807, 2.05) is 91.0 Å². The van der Waals surface area contributed by atoms with Crippen LogP contribution in [0.1, 0.15) is 50.5 Å². The van der Waals surface area contributed by atoms with Gasteiger partial charge in [0.05, 0.1) is 33.8 Å². The molecule has 6 heteroatoms. The lowest BCUT2D eigenvalue weighted by molar-refractivity contribution is 1.28. The molecule has 0 atom stereocenters. The van der Waals surface area contributed by atoms with Crippen LogP contribution >= 0.6 is 0 Å². The van der Waals surface area contributed by atoms with Crippen molar-refractivity contribution in [3.8, 4) is 51.6 Å². The van der Waals surface area contributed by atoms with E-state index in [4.69, 9.17) is 15.0 Å². The number of allylic oxidation sites excluding steroid dienone is 3. The summed E-state index contributed by atoms with van der Waals surface area (Å²) in [6.07, 6.45) is 5.17. The van der Waals surface area contributed by atoms with Gasteiger partial charge in [0, 0.05) is 52.0 Å². The Morgan fingerprint density at radius 2 is 0.530 bits per heavy atom. The van der Waals surface area contributed by atoms with Crippen LogP contribution in [-0.2, 0) is 0 Å². The molecule has 7 aromatic carbocycles. The molecule has 0 N–H and O–H groups in total. The van der Waals surface area contributed by atoms with Gasteiger partial charge in [0.2, 0.25) is 0 Å². The number of rotatable bonds is 3. The maximum atomic E-state index is 11.5. The number of hydrogen-bond acceptors (Lipinski definition) is 6. The van der Waals surface area contributed by atoms with Crippen LogP contribution < -0.4 is 0 Å². The van der Waals surface area contributed by atoms with Crippen molar-refractivity contribution < 1.29 is 0 Å². The second kappa shape index (κ2) is 14.2. The average Bonchev–Trinajstić information content (AvgIpc) is 3.98. The predicted molar refractivity (Wildman–Crippen MR) is 263 cm³/mol. The minimum atomic E-state index is 0.426. The van der Waals surface area contributed by atoms with E-state index in [-0.39, 0.29) is 0 Å². The Kier molecular flexibility index (Phi) is 8.00. The quantitative estimate of drug-likeness (QED) is 0.164. The zero-order valence-corrected chi connectivity index (χ0v) is 35.0. The predicted octanol–water partition coefficient (Wildman–Crippen LogP) is 13.7. The normalized spacial score (nSPS) is 14.9. The smallest absolute Gasteiger partial charge is 0.102 e. The molecule has 0 spiro atoms. The van der Waals surface area contributed by atoms with Crippen LogP contribution in [-0.4, -0.2) is 15.0 Å². The number of aromatic nitrogens is 3. The lowest BCUT2D eigenvalue weighted by Crippen LogP contribution is -2.00. The lowest BCUT2D eigenvalue weighted by Gasteiger charge is -2.20. The van der Waals surface area contributed by atoms with E-state index < -0.39 is 0 Å². The highest BCUT2D eigenvalue weighted by molar-refractivity contribution is 6.31. The lowest BCUT2D eigenvalue weighted by atomic mass is 9.81. The summed E-state index contributed by atoms with van der Waals surface area (Å²) < 4.78 is 0. The standard InChI is InChI=1S/C60H30N6/c61-31-46(49-19-7-10-22-64-49)52-40-25-34-13-1-4-16-37(34)28-43(40)55-58(52)56-44-29-38-17-5-2-14-35(38)26-41(44)54(48(33-63)51-21-9-12-24-66-51)60(56)57-45-30-39-18-6-3-15-36(39)27-42(45)53(59(55)57)47(32-62)50-20-8-11-23-65-50/h1-30H. The number of benzene rings is 7. The van der Waals surface area contributed by atoms with Gasteiger partial charge in [0.25, 0.3) is 0 Å². The molecule has 3 heterocycles. The van der Waals surface area contributed by atoms with Gasteiger partial charge in [-0.2, -0.15) is 15.8 Å². The fourth-order valence-corrected chi connectivity index (χ4v) is 10.7. The molecule has 0 fully saturated rings. The second-order valence-corrected chi connectivity index (χ2v) is 16.7. The summed E-state index contributed by atoms with van der Waals surface area (Å²) in [5.41, 5.74) is 16.0. The van der Waals surface area contributed by atoms with Gasteiger partial charge in [0.15, 0.2) is 0 Å². The molecule has 0 saturated heterocycles. The van der Waals surface area contributed by atoms with Crippen molar-refractivity contribution in [2.75, 3.05) is 0 Å². The fourth-order valence-electron chi connectivity index (χ4n) is 10.7. The Labute approximate surface area is 379 Å². The maximum Gasteiger partial charge on any atom is 0.102 e. The summed E-state index contributed by atoms with van der Waals surface area (Å²) in [7, 11) is 0. The molecule has 6 nitrogen and oxygen atoms in total. The average molecular weight is 835 g/mol. The van der Waals surface area contributed by atoms with Crippen molar-refractivity contribution >= 4 is 65.8 Å². The van der Waals surface area contributed by atoms with E-state index >= 15 is 0 Å². The zero-order valence-electron chi connectivity index (χ0n) is 35.0. The van der Waals surface area contributed by atoms with Crippen molar-refractivity contribution in [2.45, 2.75) is 0 Å². The molecule has 0 unspecified atom stereocenters. The molecule has 3 aliphatic rings. The van der Waals surface area contributed by atoms with Crippen LogP contribution in [0.4, 0.5) is 0 Å². The summed E-state index contributed by atoms with van der Waals surface area (Å²) in [4.78, 5) is 14.4. The number of pyridine rings is 3. The number of hydrogen-bond donors (Lipinski definition) is 0. The third-order valence-electron chi connectivity index (χ3n) is 13.4. The SMILES string of the molecule is N#CC(=C1c2cc3ccccc3cc2-c2c1c1c(c3c2C(=C(C#N)c2ccccn2)c2cc4ccccc4cc2-3)C(=C(C#N)c2ccccn2)c2cc3ccccc3cc2-1)c1ccccn1. The molecule has 3 aliphatic carbocycles. The van der Waals surface area contributed by atoms with Crippen LogP contribution in [0.2, 0.25) is 0 Å². The highest BCUT2D eigenvalue weighted by Crippen LogP contribution is 2.66. The molecular formula is C60H30N6. The minimum Gasteiger partial charge on any atom is -0.255 e. The maximum absolute atomic E-state index is 11.5. The number of nitriles is 3. The molecule has 66 heavy (non-hydrogen) atoms. The summed E-state index contributed by atoms with van der Waals surface area (Å²) in [6, 6.07) is 63.2. The zero-order chi connectivity index (χ0) is 44.0. The molecule has 3 aromatic heterocycles. The molecule has 10 aromatic rings. The molecule has 300 valence electrons. The molecular weight excluding hydrogens is 805 g/mol. The monoisotopic (exact) mass is 834 g/mol. The molecule has 0 radical (unpaired) electrons. The second-order valence-electron chi connectivity index (χ2n) is 16.7. The molecule has 0 saturated carbocycles. The fraction of sp³-hybridized carbons (Fsp3) is 0. The Hall–Kier alpha value is -9.54. The Bertz CT molecular complexity index is 3610. The van der Waals surface area contributed by atoms with Crippen molar-refractivity contribution in [2.24, 2.45) is 0 Å². The van der Waals surface area contributed by atoms with Gasteiger partial charge in [-0.1, -0.05) is 91.0 Å². The van der Waals surface area contributed by atoms with E-state index in [0.29, 0.717) is 33.8 Å². The van der Waals surface area contributed by atoms with E-state index in [9.17, 15) is 15.8 Å². The first kappa shape index (κ1) is 37.1. The van der Waals surface area contributed by atoms with E-state index in [2.05, 4.69) is 91.0 Å². The first-order valence-electron chi connectivity index (χ1n) is 21.7. The van der Waals surface area contributed by atoms with Gasteiger partial charge in [-0.3, -0.25) is 15.0 Å². The highest BCUT2D eigenvalue weighted by atomic mass is 14.7. The molecule has 0 amide bonds. The van der Waals surface area contributed by atoms with Crippen LogP contribution in [0.15, 0.2) is 182 Å². The van der Waals surface area contributed by atoms with Crippen molar-refractivity contribution in [3.63, 3.8) is 0 Å². The van der Waals surface area contributed by atoms with Crippen LogP contribution in [0.3, 0.4) is 0 Å². The van der Waals surface area contributed by atoms with Gasteiger partial charge in [-0.05, 0) is 155 Å². The third kappa shape index (κ3) is 5.17. The largest absolute Gasteiger partial charge is 0.255 e. The van der Waals surface area contributed by atoms with Gasteiger partial charge in [0.1, 0.15) is 18.2 Å². The van der Waals surface area contributed by atoms with Crippen LogP contribution in [0, 0.1) is 34.0 Å². The van der Waals surface area contributed by atoms with Crippen molar-refractivity contribution in [1.29, 1.82) is 15.8 Å². The van der Waals surface area contributed by atoms with Crippen molar-refractivity contribution in [1.82, 2.24) is 15.0 Å². The molecule has 0 bridgehead atoms. The van der Waals surface area contributed by atoms with E-state index in [1.165, 1.54) is 0 Å². The highest BCUT2D eigenvalue weighted by Gasteiger charge is 2.45. The van der Waals surface area contributed by atoms with Crippen LogP contribution in [0.25, 0.3) is 99.1 Å². The number of fused-ring (bicyclic) bond motifs is 15. The van der Waals surface area contributed by atoms with Gasteiger partial charge in [-0.25, -0.2) is 0 Å². The van der Waals surface area contributed by atoms with E-state index in [1.54, 1.807) is 18.6 Å². The van der Waals surface area contributed by atoms with Crippen LogP contribution in [0.5, 0.6) is 0 Å².